The average Bonchev–Trinajstić information content (AvgIpc) is 3.14. The van der Waals surface area contributed by atoms with Crippen molar-refractivity contribution in [3.8, 4) is 10.6 Å². The van der Waals surface area contributed by atoms with E-state index in [0.717, 1.165) is 10.6 Å². The minimum absolute atomic E-state index is 0.0107. The molecule has 0 spiro atoms. The monoisotopic (exact) mass is 384 g/mol. The van der Waals surface area contributed by atoms with Gasteiger partial charge in [0.1, 0.15) is 24.0 Å². The summed E-state index contributed by atoms with van der Waals surface area (Å²) in [5, 5.41) is 5.00. The van der Waals surface area contributed by atoms with E-state index in [-0.39, 0.29) is 18.7 Å². The standard InChI is InChI=1S/C20H17FN2O3S/c1-13-6-8-14(9-7-13)20-23-15(12-27-20)11-26-18(24)10-22-19(25)16-4-2-3-5-17(16)21/h2-9,12H,10-11H2,1H3,(H,22,25). The van der Waals surface area contributed by atoms with Gasteiger partial charge in [0.05, 0.1) is 11.3 Å². The first-order valence-corrected chi connectivity index (χ1v) is 9.10. The van der Waals surface area contributed by atoms with Crippen molar-refractivity contribution in [3.05, 3.63) is 76.5 Å². The summed E-state index contributed by atoms with van der Waals surface area (Å²) >= 11 is 1.46. The van der Waals surface area contributed by atoms with Crippen LogP contribution in [-0.2, 0) is 16.1 Å². The van der Waals surface area contributed by atoms with Crippen molar-refractivity contribution in [3.63, 3.8) is 0 Å². The van der Waals surface area contributed by atoms with E-state index in [1.54, 1.807) is 6.07 Å². The first-order chi connectivity index (χ1) is 13.0. The van der Waals surface area contributed by atoms with Crippen molar-refractivity contribution in [2.45, 2.75) is 13.5 Å². The lowest BCUT2D eigenvalue weighted by Crippen LogP contribution is -2.31. The third kappa shape index (κ3) is 4.98. The first kappa shape index (κ1) is 18.7. The van der Waals surface area contributed by atoms with E-state index in [2.05, 4.69) is 10.3 Å². The van der Waals surface area contributed by atoms with Crippen LogP contribution in [0.2, 0.25) is 0 Å². The molecule has 138 valence electrons. The Kier molecular flexibility index (Phi) is 5.93. The second kappa shape index (κ2) is 8.55. The van der Waals surface area contributed by atoms with Crippen LogP contribution in [-0.4, -0.2) is 23.4 Å². The quantitative estimate of drug-likeness (QED) is 0.658. The fraction of sp³-hybridized carbons (Fsp3) is 0.150. The van der Waals surface area contributed by atoms with Crippen LogP contribution >= 0.6 is 11.3 Å². The number of halogens is 1. The number of carbonyl (C=O) groups excluding carboxylic acids is 2. The lowest BCUT2D eigenvalue weighted by molar-refractivity contribution is -0.143. The second-order valence-corrected chi connectivity index (χ2v) is 6.69. The topological polar surface area (TPSA) is 68.3 Å². The van der Waals surface area contributed by atoms with E-state index >= 15 is 0 Å². The third-order valence-corrected chi connectivity index (χ3v) is 4.68. The maximum absolute atomic E-state index is 13.5. The Hall–Kier alpha value is -3.06. The van der Waals surface area contributed by atoms with Gasteiger partial charge in [-0.2, -0.15) is 0 Å². The minimum Gasteiger partial charge on any atom is -0.458 e. The Morgan fingerprint density at radius 2 is 1.89 bits per heavy atom. The van der Waals surface area contributed by atoms with Crippen LogP contribution in [0.5, 0.6) is 0 Å². The molecule has 1 amide bonds. The highest BCUT2D eigenvalue weighted by Gasteiger charge is 2.13. The Morgan fingerprint density at radius 3 is 2.63 bits per heavy atom. The summed E-state index contributed by atoms with van der Waals surface area (Å²) in [6, 6.07) is 13.6. The van der Waals surface area contributed by atoms with E-state index in [4.69, 9.17) is 4.74 Å². The zero-order valence-electron chi connectivity index (χ0n) is 14.6. The number of amides is 1. The number of esters is 1. The van der Waals surface area contributed by atoms with Crippen LogP contribution in [0, 0.1) is 12.7 Å². The minimum atomic E-state index is -0.666. The lowest BCUT2D eigenvalue weighted by Gasteiger charge is -2.06. The number of carbonyl (C=O) groups is 2. The molecule has 0 saturated heterocycles. The molecule has 0 aliphatic carbocycles. The van der Waals surface area contributed by atoms with Crippen LogP contribution in [0.25, 0.3) is 10.6 Å². The molecule has 1 heterocycles. The van der Waals surface area contributed by atoms with E-state index in [9.17, 15) is 14.0 Å². The maximum Gasteiger partial charge on any atom is 0.325 e. The van der Waals surface area contributed by atoms with Crippen molar-refractivity contribution >= 4 is 23.2 Å². The molecule has 27 heavy (non-hydrogen) atoms. The van der Waals surface area contributed by atoms with Crippen molar-refractivity contribution in [1.29, 1.82) is 0 Å². The van der Waals surface area contributed by atoms with Gasteiger partial charge in [-0.15, -0.1) is 11.3 Å². The number of nitrogens with one attached hydrogen (secondary N) is 1. The highest BCUT2D eigenvalue weighted by molar-refractivity contribution is 7.13. The molecule has 2 aromatic carbocycles. The number of hydrogen-bond donors (Lipinski definition) is 1. The molecule has 0 saturated carbocycles. The van der Waals surface area contributed by atoms with Gasteiger partial charge in [0.25, 0.3) is 5.91 Å². The van der Waals surface area contributed by atoms with Crippen LogP contribution in [0.1, 0.15) is 21.6 Å². The number of thiazole rings is 1. The van der Waals surface area contributed by atoms with E-state index in [0.29, 0.717) is 5.69 Å². The molecule has 0 atom stereocenters. The Labute approximate surface area is 159 Å². The summed E-state index contributed by atoms with van der Waals surface area (Å²) in [4.78, 5) is 28.1. The molecule has 5 nitrogen and oxygen atoms in total. The smallest absolute Gasteiger partial charge is 0.325 e. The Morgan fingerprint density at radius 1 is 1.15 bits per heavy atom. The fourth-order valence-electron chi connectivity index (χ4n) is 2.30. The summed E-state index contributed by atoms with van der Waals surface area (Å²) in [6.45, 7) is 1.68. The number of nitrogens with zero attached hydrogens (tertiary/aromatic N) is 1. The molecule has 0 bridgehead atoms. The molecule has 0 aliphatic rings. The van der Waals surface area contributed by atoms with Crippen LogP contribution < -0.4 is 5.32 Å². The van der Waals surface area contributed by atoms with Crippen molar-refractivity contribution in [1.82, 2.24) is 10.3 Å². The van der Waals surface area contributed by atoms with Gasteiger partial charge in [-0.25, -0.2) is 9.37 Å². The lowest BCUT2D eigenvalue weighted by atomic mass is 10.2. The number of benzene rings is 2. The molecule has 0 unspecified atom stereocenters. The molecular formula is C20H17FN2O3S. The van der Waals surface area contributed by atoms with Gasteiger partial charge in [-0.1, -0.05) is 42.0 Å². The summed E-state index contributed by atoms with van der Waals surface area (Å²) in [5.41, 5.74) is 2.68. The number of ether oxygens (including phenoxy) is 1. The van der Waals surface area contributed by atoms with Gasteiger partial charge in [0.2, 0.25) is 0 Å². The van der Waals surface area contributed by atoms with Gasteiger partial charge >= 0.3 is 5.97 Å². The fourth-order valence-corrected chi connectivity index (χ4v) is 3.11. The number of aryl methyl sites for hydroxylation is 1. The first-order valence-electron chi connectivity index (χ1n) is 8.23. The predicted molar refractivity (Wildman–Crippen MR) is 101 cm³/mol. The second-order valence-electron chi connectivity index (χ2n) is 5.83. The Balaban J connectivity index is 1.49. The molecule has 3 rings (SSSR count). The van der Waals surface area contributed by atoms with Gasteiger partial charge in [-0.05, 0) is 19.1 Å². The van der Waals surface area contributed by atoms with Crippen molar-refractivity contribution in [2.24, 2.45) is 0 Å². The highest BCUT2D eigenvalue weighted by atomic mass is 32.1. The summed E-state index contributed by atoms with van der Waals surface area (Å²) in [5.74, 6) is -1.93. The Bertz CT molecular complexity index is 954. The molecule has 7 heteroatoms. The van der Waals surface area contributed by atoms with Crippen LogP contribution in [0.4, 0.5) is 4.39 Å². The molecule has 0 radical (unpaired) electrons. The summed E-state index contributed by atoms with van der Waals surface area (Å²) in [6.07, 6.45) is 0. The van der Waals surface area contributed by atoms with Crippen molar-refractivity contribution < 1.29 is 18.7 Å². The zero-order chi connectivity index (χ0) is 19.2. The maximum atomic E-state index is 13.5. The zero-order valence-corrected chi connectivity index (χ0v) is 15.4. The molecule has 1 aromatic heterocycles. The third-order valence-electron chi connectivity index (χ3n) is 3.74. The number of hydrogen-bond acceptors (Lipinski definition) is 5. The van der Waals surface area contributed by atoms with Crippen molar-refractivity contribution in [2.75, 3.05) is 6.54 Å². The molecular weight excluding hydrogens is 367 g/mol. The SMILES string of the molecule is Cc1ccc(-c2nc(COC(=O)CNC(=O)c3ccccc3F)cs2)cc1. The van der Waals surface area contributed by atoms with Crippen LogP contribution in [0.15, 0.2) is 53.9 Å². The normalized spacial score (nSPS) is 10.4. The van der Waals surface area contributed by atoms with Gasteiger partial charge < -0.3 is 10.1 Å². The molecule has 1 N–H and O–H groups in total. The highest BCUT2D eigenvalue weighted by Crippen LogP contribution is 2.24. The predicted octanol–water partition coefficient (Wildman–Crippen LogP) is 3.73. The van der Waals surface area contributed by atoms with Gasteiger partial charge in [-0.3, -0.25) is 9.59 Å². The van der Waals surface area contributed by atoms with E-state index in [1.165, 1.54) is 35.1 Å². The number of rotatable bonds is 6. The summed E-state index contributed by atoms with van der Waals surface area (Å²) < 4.78 is 18.6. The van der Waals surface area contributed by atoms with Gasteiger partial charge in [0, 0.05) is 10.9 Å². The van der Waals surface area contributed by atoms with E-state index < -0.39 is 17.7 Å². The van der Waals surface area contributed by atoms with Gasteiger partial charge in [0.15, 0.2) is 0 Å². The molecule has 0 aliphatic heterocycles. The molecule has 3 aromatic rings. The molecule has 0 fully saturated rings. The summed E-state index contributed by atoms with van der Waals surface area (Å²) in [7, 11) is 0. The number of aromatic nitrogens is 1. The largest absolute Gasteiger partial charge is 0.458 e. The van der Waals surface area contributed by atoms with Crippen LogP contribution in [0.3, 0.4) is 0 Å². The average molecular weight is 384 g/mol. The van der Waals surface area contributed by atoms with E-state index in [1.807, 2.05) is 36.6 Å².